The van der Waals surface area contributed by atoms with Gasteiger partial charge in [0.25, 0.3) is 0 Å². The molecule has 0 aliphatic carbocycles. The Morgan fingerprint density at radius 1 is 1.18 bits per heavy atom. The number of nitrogens with zero attached hydrogens (tertiary/aromatic N) is 2. The number of benzene rings is 1. The third kappa shape index (κ3) is 1.39. The van der Waals surface area contributed by atoms with Gasteiger partial charge >= 0.3 is 0 Å². The zero-order valence-electron chi connectivity index (χ0n) is 9.01. The first-order chi connectivity index (χ1) is 8.29. The molecule has 0 saturated heterocycles. The van der Waals surface area contributed by atoms with E-state index in [0.29, 0.717) is 11.3 Å². The largest absolute Gasteiger partial charge is 0.382 e. The number of rotatable bonds is 0. The lowest BCUT2D eigenvalue weighted by atomic mass is 10.1. The van der Waals surface area contributed by atoms with Crippen LogP contribution in [-0.4, -0.2) is 9.97 Å². The van der Waals surface area contributed by atoms with Gasteiger partial charge < -0.3 is 5.73 Å². The number of nitrogens with two attached hydrogens (primary N) is 1. The summed E-state index contributed by atoms with van der Waals surface area (Å²) >= 11 is 0. The number of aromatic nitrogens is 2. The molecule has 0 unspecified atom stereocenters. The second-order valence-corrected chi connectivity index (χ2v) is 3.78. The van der Waals surface area contributed by atoms with Crippen molar-refractivity contribution in [3.05, 3.63) is 42.1 Å². The topological polar surface area (TPSA) is 51.8 Å². The summed E-state index contributed by atoms with van der Waals surface area (Å²) in [5.41, 5.74) is 8.18. The van der Waals surface area contributed by atoms with Gasteiger partial charge in [-0.05, 0) is 12.1 Å². The minimum atomic E-state index is 0.433. The molecule has 0 aliphatic rings. The molecule has 2 heterocycles. The van der Waals surface area contributed by atoms with E-state index >= 15 is 0 Å². The normalized spacial score (nSPS) is 10.5. The summed E-state index contributed by atoms with van der Waals surface area (Å²) in [6.07, 6.45) is 7.02. The van der Waals surface area contributed by atoms with E-state index in [1.165, 1.54) is 0 Å². The summed E-state index contributed by atoms with van der Waals surface area (Å²) in [7, 11) is 0. The lowest BCUT2D eigenvalue weighted by molar-refractivity contribution is 1.35. The molecule has 0 radical (unpaired) electrons. The highest BCUT2D eigenvalue weighted by Crippen LogP contribution is 2.26. The molecule has 3 heteroatoms. The van der Waals surface area contributed by atoms with E-state index in [4.69, 9.17) is 12.2 Å². The second kappa shape index (κ2) is 3.46. The first-order valence-corrected chi connectivity index (χ1v) is 5.20. The summed E-state index contributed by atoms with van der Waals surface area (Å²) in [4.78, 5) is 8.59. The van der Waals surface area contributed by atoms with Crippen molar-refractivity contribution in [1.29, 1.82) is 0 Å². The van der Waals surface area contributed by atoms with Crippen molar-refractivity contribution in [3.63, 3.8) is 0 Å². The molecule has 0 amide bonds. The minimum Gasteiger partial charge on any atom is -0.382 e. The molecule has 3 rings (SSSR count). The van der Waals surface area contributed by atoms with Crippen molar-refractivity contribution in [2.45, 2.75) is 0 Å². The van der Waals surface area contributed by atoms with Crippen molar-refractivity contribution in [2.75, 3.05) is 5.73 Å². The van der Waals surface area contributed by atoms with Crippen molar-refractivity contribution >= 4 is 27.6 Å². The van der Waals surface area contributed by atoms with Gasteiger partial charge in [0.15, 0.2) is 5.82 Å². The zero-order valence-corrected chi connectivity index (χ0v) is 9.01. The molecule has 0 saturated carbocycles. The Bertz CT molecular complexity index is 769. The Kier molecular flexibility index (Phi) is 1.96. The zero-order chi connectivity index (χ0) is 11.8. The molecule has 1 aromatic carbocycles. The van der Waals surface area contributed by atoms with Gasteiger partial charge in [-0.3, -0.25) is 4.98 Å². The van der Waals surface area contributed by atoms with Crippen molar-refractivity contribution in [1.82, 2.24) is 9.97 Å². The quantitative estimate of drug-likeness (QED) is 0.466. The van der Waals surface area contributed by atoms with E-state index < -0.39 is 0 Å². The van der Waals surface area contributed by atoms with E-state index in [1.54, 1.807) is 6.20 Å². The molecule has 0 spiro atoms. The van der Waals surface area contributed by atoms with Gasteiger partial charge in [0, 0.05) is 22.5 Å². The predicted octanol–water partition coefficient (Wildman–Crippen LogP) is 2.35. The van der Waals surface area contributed by atoms with Crippen LogP contribution in [0.1, 0.15) is 5.56 Å². The maximum absolute atomic E-state index is 5.89. The van der Waals surface area contributed by atoms with Crippen LogP contribution in [0.4, 0.5) is 5.82 Å². The smallest absolute Gasteiger partial charge is 0.150 e. The minimum absolute atomic E-state index is 0.433. The highest BCUT2D eigenvalue weighted by molar-refractivity contribution is 6.08. The Hall–Kier alpha value is -2.60. The predicted molar refractivity (Wildman–Crippen MR) is 69.4 cm³/mol. The molecule has 0 aliphatic heterocycles. The molecule has 0 fully saturated rings. The lowest BCUT2D eigenvalue weighted by Gasteiger charge is -2.05. The Labute approximate surface area is 98.3 Å². The molecule has 17 heavy (non-hydrogen) atoms. The maximum atomic E-state index is 5.89. The third-order valence-electron chi connectivity index (χ3n) is 2.73. The summed E-state index contributed by atoms with van der Waals surface area (Å²) in [5.74, 6) is 3.01. The fourth-order valence-electron chi connectivity index (χ4n) is 1.93. The number of para-hydroxylation sites is 1. The number of terminal acetylenes is 1. The molecule has 3 nitrogen and oxygen atoms in total. The van der Waals surface area contributed by atoms with E-state index in [9.17, 15) is 0 Å². The standard InChI is InChI=1S/C14H9N3/c1-2-9-7-11-10-5-3-4-6-12(10)17-14(15)13(11)16-8-9/h1,3-8H,(H2,15,17). The summed E-state index contributed by atoms with van der Waals surface area (Å²) in [6, 6.07) is 9.73. The number of nitrogen functional groups attached to an aromatic ring is 1. The van der Waals surface area contributed by atoms with E-state index in [-0.39, 0.29) is 0 Å². The monoisotopic (exact) mass is 219 g/mol. The Balaban J connectivity index is 2.58. The van der Waals surface area contributed by atoms with Gasteiger partial charge in [0.05, 0.1) is 5.52 Å². The molecule has 0 atom stereocenters. The summed E-state index contributed by atoms with van der Waals surface area (Å²) < 4.78 is 0. The van der Waals surface area contributed by atoms with Gasteiger partial charge in [-0.2, -0.15) is 0 Å². The highest BCUT2D eigenvalue weighted by atomic mass is 14.9. The molecule has 0 bridgehead atoms. The van der Waals surface area contributed by atoms with Crippen LogP contribution in [0.3, 0.4) is 0 Å². The van der Waals surface area contributed by atoms with Gasteiger partial charge in [0.2, 0.25) is 0 Å². The highest BCUT2D eigenvalue weighted by Gasteiger charge is 2.07. The van der Waals surface area contributed by atoms with Crippen LogP contribution < -0.4 is 5.73 Å². The maximum Gasteiger partial charge on any atom is 0.150 e. The first kappa shape index (κ1) is 9.61. The van der Waals surface area contributed by atoms with Crippen molar-refractivity contribution in [2.24, 2.45) is 0 Å². The summed E-state index contributed by atoms with van der Waals surface area (Å²) in [5, 5.41) is 1.96. The number of pyridine rings is 2. The van der Waals surface area contributed by atoms with Gasteiger partial charge in [-0.1, -0.05) is 24.1 Å². The van der Waals surface area contributed by atoms with Gasteiger partial charge in [0.1, 0.15) is 5.52 Å². The van der Waals surface area contributed by atoms with Crippen LogP contribution in [0.2, 0.25) is 0 Å². The molecule has 3 aromatic rings. The van der Waals surface area contributed by atoms with Crippen LogP contribution in [0.5, 0.6) is 0 Å². The average molecular weight is 219 g/mol. The molecule has 80 valence electrons. The van der Waals surface area contributed by atoms with E-state index in [1.807, 2.05) is 30.3 Å². The van der Waals surface area contributed by atoms with Crippen LogP contribution >= 0.6 is 0 Å². The number of hydrogen-bond acceptors (Lipinski definition) is 3. The van der Waals surface area contributed by atoms with Crippen molar-refractivity contribution < 1.29 is 0 Å². The van der Waals surface area contributed by atoms with E-state index in [2.05, 4.69) is 15.9 Å². The average Bonchev–Trinajstić information content (AvgIpc) is 2.38. The fraction of sp³-hybridized carbons (Fsp3) is 0. The number of hydrogen-bond donors (Lipinski definition) is 1. The number of anilines is 1. The fourth-order valence-corrected chi connectivity index (χ4v) is 1.93. The van der Waals surface area contributed by atoms with Crippen LogP contribution in [0.25, 0.3) is 21.8 Å². The van der Waals surface area contributed by atoms with Gasteiger partial charge in [-0.15, -0.1) is 6.42 Å². The lowest BCUT2D eigenvalue weighted by Crippen LogP contribution is -1.95. The molecule has 2 aromatic heterocycles. The van der Waals surface area contributed by atoms with Gasteiger partial charge in [-0.25, -0.2) is 4.98 Å². The second-order valence-electron chi connectivity index (χ2n) is 3.78. The van der Waals surface area contributed by atoms with Crippen LogP contribution in [0.15, 0.2) is 36.5 Å². The Morgan fingerprint density at radius 2 is 2.00 bits per heavy atom. The van der Waals surface area contributed by atoms with Crippen molar-refractivity contribution in [3.8, 4) is 12.3 Å². The number of fused-ring (bicyclic) bond motifs is 3. The molecule has 2 N–H and O–H groups in total. The Morgan fingerprint density at radius 3 is 2.82 bits per heavy atom. The molecular formula is C14H9N3. The van der Waals surface area contributed by atoms with E-state index in [0.717, 1.165) is 21.9 Å². The SMILES string of the molecule is C#Cc1cnc2c(N)nc3ccccc3c2c1. The molecular weight excluding hydrogens is 210 g/mol. The van der Waals surface area contributed by atoms with Crippen LogP contribution in [0, 0.1) is 12.3 Å². The first-order valence-electron chi connectivity index (χ1n) is 5.20. The van der Waals surface area contributed by atoms with Crippen LogP contribution in [-0.2, 0) is 0 Å². The third-order valence-corrected chi connectivity index (χ3v) is 2.73. The summed E-state index contributed by atoms with van der Waals surface area (Å²) in [6.45, 7) is 0.